The van der Waals surface area contributed by atoms with E-state index in [-0.39, 0.29) is 0 Å². The number of rotatable bonds is 6. The lowest BCUT2D eigenvalue weighted by atomic mass is 10.2. The Morgan fingerprint density at radius 1 is 0.938 bits per heavy atom. The van der Waals surface area contributed by atoms with E-state index in [0.29, 0.717) is 12.1 Å². The van der Waals surface area contributed by atoms with E-state index in [0.717, 1.165) is 32.2 Å². The lowest BCUT2D eigenvalue weighted by Crippen LogP contribution is -3.17. The molecule has 90 valence electrons. The van der Waals surface area contributed by atoms with Crippen molar-refractivity contribution in [3.63, 3.8) is 0 Å². The second kappa shape index (κ2) is 9.32. The molecule has 0 atom stereocenters. The molecule has 0 amide bonds. The molecule has 1 heteroatoms. The minimum atomic E-state index is 0.649. The van der Waals surface area contributed by atoms with Gasteiger partial charge in [-0.25, -0.2) is 0 Å². The van der Waals surface area contributed by atoms with Gasteiger partial charge in [0.15, 0.2) is 0 Å². The van der Waals surface area contributed by atoms with Gasteiger partial charge in [0.05, 0.1) is 12.1 Å². The van der Waals surface area contributed by atoms with Crippen LogP contribution in [0.3, 0.4) is 0 Å². The summed E-state index contributed by atoms with van der Waals surface area (Å²) < 4.78 is 0. The first-order valence-electron chi connectivity index (χ1n) is 6.34. The fourth-order valence-corrected chi connectivity index (χ4v) is 1.77. The highest BCUT2D eigenvalue weighted by molar-refractivity contribution is 4.98. The lowest BCUT2D eigenvalue weighted by molar-refractivity contribution is -0.935. The molecule has 0 spiro atoms. The van der Waals surface area contributed by atoms with Crippen LogP contribution >= 0.6 is 0 Å². The normalized spacial score (nSPS) is 10.4. The van der Waals surface area contributed by atoms with Crippen LogP contribution in [0.15, 0.2) is 0 Å². The highest BCUT2D eigenvalue weighted by Gasteiger charge is 2.14. The van der Waals surface area contributed by atoms with Crippen molar-refractivity contribution >= 4 is 0 Å². The molecule has 0 aromatic heterocycles. The maximum absolute atomic E-state index is 5.19. The number of quaternary nitrogens is 1. The van der Waals surface area contributed by atoms with Gasteiger partial charge in [-0.05, 0) is 46.5 Å². The predicted molar refractivity (Wildman–Crippen MR) is 71.2 cm³/mol. The first-order valence-corrected chi connectivity index (χ1v) is 6.34. The fourth-order valence-electron chi connectivity index (χ4n) is 1.77. The Bertz CT molecular complexity index is 251. The Morgan fingerprint density at radius 2 is 1.50 bits per heavy atom. The number of hydrogen-bond acceptors (Lipinski definition) is 0. The Labute approximate surface area is 102 Å². The van der Waals surface area contributed by atoms with Gasteiger partial charge in [-0.1, -0.05) is 5.92 Å². The Kier molecular flexibility index (Phi) is 8.78. The number of terminal acetylenes is 1. The van der Waals surface area contributed by atoms with Crippen LogP contribution < -0.4 is 4.90 Å². The van der Waals surface area contributed by atoms with E-state index in [1.165, 1.54) is 0 Å². The molecule has 16 heavy (non-hydrogen) atoms. The van der Waals surface area contributed by atoms with Crippen molar-refractivity contribution < 1.29 is 4.90 Å². The van der Waals surface area contributed by atoms with E-state index in [9.17, 15) is 0 Å². The second-order valence-electron chi connectivity index (χ2n) is 4.83. The van der Waals surface area contributed by atoms with Crippen molar-refractivity contribution in [3.8, 4) is 24.2 Å². The molecule has 0 aliphatic rings. The van der Waals surface area contributed by atoms with Crippen LogP contribution in [0.2, 0.25) is 0 Å². The van der Waals surface area contributed by atoms with Crippen molar-refractivity contribution in [1.29, 1.82) is 0 Å². The molecule has 0 unspecified atom stereocenters. The van der Waals surface area contributed by atoms with Crippen LogP contribution in [0.4, 0.5) is 0 Å². The molecule has 0 aromatic rings. The highest BCUT2D eigenvalue weighted by atomic mass is 15.2. The monoisotopic (exact) mass is 220 g/mol. The van der Waals surface area contributed by atoms with Gasteiger partial charge in [0.25, 0.3) is 0 Å². The van der Waals surface area contributed by atoms with Crippen LogP contribution in [0.1, 0.15) is 53.4 Å². The summed E-state index contributed by atoms with van der Waals surface area (Å²) in [4.78, 5) is 1.57. The zero-order valence-electron chi connectivity index (χ0n) is 11.3. The number of unbranched alkanes of at least 4 members (excludes halogenated alkanes) is 3. The van der Waals surface area contributed by atoms with Crippen molar-refractivity contribution in [2.45, 2.75) is 65.5 Å². The van der Waals surface area contributed by atoms with E-state index in [4.69, 9.17) is 6.42 Å². The molecule has 0 fully saturated rings. The first kappa shape index (κ1) is 15.1. The predicted octanol–water partition coefficient (Wildman–Crippen LogP) is 1.89. The Morgan fingerprint density at radius 3 is 2.00 bits per heavy atom. The molecule has 0 aliphatic carbocycles. The third kappa shape index (κ3) is 7.38. The van der Waals surface area contributed by atoms with Gasteiger partial charge >= 0.3 is 0 Å². The largest absolute Gasteiger partial charge is 0.321 e. The molecule has 0 heterocycles. The van der Waals surface area contributed by atoms with E-state index in [1.807, 2.05) is 0 Å². The second-order valence-corrected chi connectivity index (χ2v) is 4.83. The Balaban J connectivity index is 3.76. The van der Waals surface area contributed by atoms with E-state index in [2.05, 4.69) is 45.5 Å². The third-order valence-electron chi connectivity index (χ3n) is 2.77. The Hall–Kier alpha value is -0.920. The molecule has 1 nitrogen and oxygen atoms in total. The summed E-state index contributed by atoms with van der Waals surface area (Å²) >= 11 is 0. The minimum Gasteiger partial charge on any atom is -0.321 e. The molecule has 0 radical (unpaired) electrons. The smallest absolute Gasteiger partial charge is 0.139 e. The van der Waals surface area contributed by atoms with Gasteiger partial charge in [-0.15, -0.1) is 12.3 Å². The molecule has 1 N–H and O–H groups in total. The minimum absolute atomic E-state index is 0.649. The maximum atomic E-state index is 5.19. The van der Waals surface area contributed by atoms with Crippen molar-refractivity contribution in [2.24, 2.45) is 0 Å². The van der Waals surface area contributed by atoms with Gasteiger partial charge in [-0.3, -0.25) is 0 Å². The summed E-state index contributed by atoms with van der Waals surface area (Å²) in [6, 6.07) is 1.30. The number of hydrogen-bond donors (Lipinski definition) is 1. The van der Waals surface area contributed by atoms with Gasteiger partial charge in [0.2, 0.25) is 0 Å². The molecule has 0 saturated carbocycles. The van der Waals surface area contributed by atoms with Gasteiger partial charge < -0.3 is 4.90 Å². The van der Waals surface area contributed by atoms with Crippen molar-refractivity contribution in [3.05, 3.63) is 0 Å². The van der Waals surface area contributed by atoms with E-state index < -0.39 is 0 Å². The summed E-state index contributed by atoms with van der Waals surface area (Å²) in [7, 11) is 0. The molecule has 0 bridgehead atoms. The zero-order valence-corrected chi connectivity index (χ0v) is 11.3. The average molecular weight is 220 g/mol. The van der Waals surface area contributed by atoms with Gasteiger partial charge in [0.1, 0.15) is 6.54 Å². The summed E-state index contributed by atoms with van der Waals surface area (Å²) in [5.74, 6) is 9.19. The van der Waals surface area contributed by atoms with E-state index >= 15 is 0 Å². The summed E-state index contributed by atoms with van der Waals surface area (Å²) in [6.07, 6.45) is 9.31. The molecule has 0 rings (SSSR count). The average Bonchev–Trinajstić information content (AvgIpc) is 2.21. The summed E-state index contributed by atoms with van der Waals surface area (Å²) in [5, 5.41) is 0. The quantitative estimate of drug-likeness (QED) is 0.515. The first-order chi connectivity index (χ1) is 7.59. The van der Waals surface area contributed by atoms with Crippen molar-refractivity contribution in [2.75, 3.05) is 6.54 Å². The summed E-state index contributed by atoms with van der Waals surface area (Å²) in [5.41, 5.74) is 0. The van der Waals surface area contributed by atoms with Crippen LogP contribution in [0, 0.1) is 24.2 Å². The molecule has 0 aliphatic heterocycles. The molecule has 0 saturated heterocycles. The van der Waals surface area contributed by atoms with Crippen LogP contribution in [0.25, 0.3) is 0 Å². The zero-order chi connectivity index (χ0) is 12.4. The molecular weight excluding hydrogens is 194 g/mol. The maximum Gasteiger partial charge on any atom is 0.139 e. The standard InChI is InChI=1S/C15H25N/c1-6-7-8-9-10-11-12-13-16(14(2)3)15(4)5/h1,14-15H,7-10,13H2,2-5H3/p+1. The fraction of sp³-hybridized carbons (Fsp3) is 0.733. The van der Waals surface area contributed by atoms with Crippen molar-refractivity contribution in [1.82, 2.24) is 0 Å². The third-order valence-corrected chi connectivity index (χ3v) is 2.77. The molecule has 0 aromatic carbocycles. The topological polar surface area (TPSA) is 4.44 Å². The van der Waals surface area contributed by atoms with Crippen LogP contribution in [-0.4, -0.2) is 18.6 Å². The van der Waals surface area contributed by atoms with Crippen LogP contribution in [0.5, 0.6) is 0 Å². The van der Waals surface area contributed by atoms with Crippen LogP contribution in [-0.2, 0) is 0 Å². The molecular formula is C15H26N+. The summed E-state index contributed by atoms with van der Waals surface area (Å²) in [6.45, 7) is 9.98. The van der Waals surface area contributed by atoms with Gasteiger partial charge in [0, 0.05) is 12.8 Å². The lowest BCUT2D eigenvalue weighted by Gasteiger charge is -2.25. The number of nitrogens with one attached hydrogen (secondary N) is 1. The highest BCUT2D eigenvalue weighted by Crippen LogP contribution is 1.96. The van der Waals surface area contributed by atoms with Gasteiger partial charge in [-0.2, -0.15) is 0 Å². The van der Waals surface area contributed by atoms with E-state index in [1.54, 1.807) is 4.90 Å². The SMILES string of the molecule is C#CCCCCC#CC[NH+](C(C)C)C(C)C.